The lowest BCUT2D eigenvalue weighted by Crippen LogP contribution is -2.50. The number of carbonyl (C=O) groups is 4. The lowest BCUT2D eigenvalue weighted by molar-refractivity contribution is -0.385. The lowest BCUT2D eigenvalue weighted by atomic mass is 9.90. The van der Waals surface area contributed by atoms with Crippen LogP contribution in [0.1, 0.15) is 41.5 Å². The Morgan fingerprint density at radius 2 is 2.00 bits per heavy atom. The number of rotatable bonds is 7. The first-order valence-corrected chi connectivity index (χ1v) is 8.53. The van der Waals surface area contributed by atoms with Crippen molar-refractivity contribution in [3.05, 3.63) is 39.4 Å². The van der Waals surface area contributed by atoms with Crippen molar-refractivity contribution >= 4 is 29.4 Å². The molecule has 0 radical (unpaired) electrons. The van der Waals surface area contributed by atoms with Crippen LogP contribution in [0.3, 0.4) is 0 Å². The van der Waals surface area contributed by atoms with E-state index in [1.54, 1.807) is 13.8 Å². The second kappa shape index (κ2) is 8.05. The first-order valence-electron chi connectivity index (χ1n) is 8.53. The van der Waals surface area contributed by atoms with Gasteiger partial charge < -0.3 is 10.1 Å². The molecule has 1 aromatic rings. The van der Waals surface area contributed by atoms with Gasteiger partial charge >= 0.3 is 5.97 Å². The van der Waals surface area contributed by atoms with E-state index in [-0.39, 0.29) is 11.5 Å². The average molecular weight is 402 g/mol. The van der Waals surface area contributed by atoms with Crippen molar-refractivity contribution < 1.29 is 28.8 Å². The molecule has 11 heteroatoms. The largest absolute Gasteiger partial charge is 0.454 e. The molecule has 152 valence electrons. The minimum absolute atomic E-state index is 0.184. The van der Waals surface area contributed by atoms with Crippen LogP contribution in [0.15, 0.2) is 18.2 Å². The Hall–Kier alpha value is -3.81. The van der Waals surface area contributed by atoms with Gasteiger partial charge in [-0.2, -0.15) is 5.26 Å². The van der Waals surface area contributed by atoms with Crippen molar-refractivity contribution in [2.75, 3.05) is 13.2 Å². The van der Waals surface area contributed by atoms with Crippen LogP contribution >= 0.6 is 0 Å². The molecule has 3 amide bonds. The normalized spacial score (nSPS) is 14.8. The quantitative estimate of drug-likeness (QED) is 0.303. The molecule has 1 unspecified atom stereocenters. The van der Waals surface area contributed by atoms with E-state index >= 15 is 0 Å². The van der Waals surface area contributed by atoms with Crippen LogP contribution in [0, 0.1) is 27.4 Å². The lowest BCUT2D eigenvalue weighted by Gasteiger charge is -2.27. The summed E-state index contributed by atoms with van der Waals surface area (Å²) in [5, 5.41) is 22.7. The number of esters is 1. The molecular formula is C18H18N4O7. The van der Waals surface area contributed by atoms with Gasteiger partial charge in [-0.05, 0) is 18.9 Å². The molecule has 1 aliphatic heterocycles. The van der Waals surface area contributed by atoms with Crippen LogP contribution in [0.25, 0.3) is 0 Å². The minimum Gasteiger partial charge on any atom is -0.454 e. The van der Waals surface area contributed by atoms with Crippen molar-refractivity contribution in [3.8, 4) is 6.07 Å². The van der Waals surface area contributed by atoms with Gasteiger partial charge in [-0.15, -0.1) is 0 Å². The Balaban J connectivity index is 2.02. The molecule has 1 heterocycles. The molecule has 0 aliphatic carbocycles. The monoisotopic (exact) mass is 402 g/mol. The van der Waals surface area contributed by atoms with Gasteiger partial charge in [-0.1, -0.05) is 19.9 Å². The van der Waals surface area contributed by atoms with Crippen molar-refractivity contribution in [2.24, 2.45) is 5.92 Å². The van der Waals surface area contributed by atoms with E-state index in [0.29, 0.717) is 4.90 Å². The number of hydrogen-bond acceptors (Lipinski definition) is 8. The molecule has 0 fully saturated rings. The van der Waals surface area contributed by atoms with E-state index in [1.165, 1.54) is 19.1 Å². The molecule has 1 atom stereocenters. The zero-order valence-corrected chi connectivity index (χ0v) is 15.9. The van der Waals surface area contributed by atoms with Gasteiger partial charge in [0.15, 0.2) is 6.61 Å². The van der Waals surface area contributed by atoms with E-state index < -0.39 is 58.6 Å². The predicted octanol–water partition coefficient (Wildman–Crippen LogP) is 0.788. The van der Waals surface area contributed by atoms with Crippen molar-refractivity contribution in [1.29, 1.82) is 5.26 Å². The minimum atomic E-state index is -1.16. The van der Waals surface area contributed by atoms with Gasteiger partial charge in [0, 0.05) is 6.07 Å². The Labute approximate surface area is 165 Å². The maximum absolute atomic E-state index is 12.4. The summed E-state index contributed by atoms with van der Waals surface area (Å²) in [6, 6.07) is 5.55. The zero-order chi connectivity index (χ0) is 21.9. The summed E-state index contributed by atoms with van der Waals surface area (Å²) in [5.41, 5.74) is -2.28. The Morgan fingerprint density at radius 1 is 1.34 bits per heavy atom. The maximum Gasteiger partial charge on any atom is 0.326 e. The number of ether oxygens (including phenoxy) is 1. The van der Waals surface area contributed by atoms with Crippen LogP contribution in [-0.4, -0.2) is 52.2 Å². The van der Waals surface area contributed by atoms with E-state index in [9.17, 15) is 34.6 Å². The number of benzene rings is 1. The SMILES string of the molecule is CC(C)C(C)(C#N)NC(=O)COC(=O)CN1C(=O)c2cccc([N+](=O)[O-])c2C1=O. The zero-order valence-electron chi connectivity index (χ0n) is 15.9. The average Bonchev–Trinajstić information content (AvgIpc) is 2.91. The number of nitro benzene ring substituents is 1. The fraction of sp³-hybridized carbons (Fsp3) is 0.389. The third-order valence-corrected chi connectivity index (χ3v) is 4.61. The van der Waals surface area contributed by atoms with Gasteiger partial charge in [-0.25, -0.2) is 0 Å². The second-order valence-electron chi connectivity index (χ2n) is 6.83. The standard InChI is InChI=1S/C18H18N4O7/c1-10(2)18(3,9-19)20-13(23)8-29-14(24)7-21-16(25)11-5-4-6-12(22(27)28)15(11)17(21)26/h4-6,10H,7-8H2,1-3H3,(H,20,23). The molecule has 2 rings (SSSR count). The third-order valence-electron chi connectivity index (χ3n) is 4.61. The molecule has 1 aromatic carbocycles. The number of fused-ring (bicyclic) bond motifs is 1. The molecule has 0 saturated carbocycles. The predicted molar refractivity (Wildman–Crippen MR) is 96.4 cm³/mol. The number of nitro groups is 1. The van der Waals surface area contributed by atoms with Crippen LogP contribution in [0.5, 0.6) is 0 Å². The number of nitriles is 1. The molecule has 11 nitrogen and oxygen atoms in total. The molecule has 29 heavy (non-hydrogen) atoms. The Morgan fingerprint density at radius 3 is 2.55 bits per heavy atom. The van der Waals surface area contributed by atoms with E-state index in [0.717, 1.165) is 6.07 Å². The van der Waals surface area contributed by atoms with E-state index in [1.807, 2.05) is 6.07 Å². The summed E-state index contributed by atoms with van der Waals surface area (Å²) in [5.74, 6) is -3.85. The summed E-state index contributed by atoms with van der Waals surface area (Å²) in [4.78, 5) is 59.4. The van der Waals surface area contributed by atoms with E-state index in [2.05, 4.69) is 5.32 Å². The van der Waals surface area contributed by atoms with Crippen LogP contribution in [-0.2, 0) is 14.3 Å². The van der Waals surface area contributed by atoms with Crippen molar-refractivity contribution in [3.63, 3.8) is 0 Å². The molecule has 0 aromatic heterocycles. The molecule has 0 spiro atoms. The highest BCUT2D eigenvalue weighted by Crippen LogP contribution is 2.30. The number of hydrogen-bond donors (Lipinski definition) is 1. The van der Waals surface area contributed by atoms with Gasteiger partial charge in [-0.3, -0.25) is 34.2 Å². The van der Waals surface area contributed by atoms with E-state index in [4.69, 9.17) is 4.74 Å². The van der Waals surface area contributed by atoms with Gasteiger partial charge in [0.1, 0.15) is 17.6 Å². The molecule has 0 saturated heterocycles. The summed E-state index contributed by atoms with van der Waals surface area (Å²) < 4.78 is 4.77. The topological polar surface area (TPSA) is 160 Å². The highest BCUT2D eigenvalue weighted by atomic mass is 16.6. The van der Waals surface area contributed by atoms with Crippen molar-refractivity contribution in [2.45, 2.75) is 26.3 Å². The first kappa shape index (κ1) is 21.5. The van der Waals surface area contributed by atoms with Gasteiger partial charge in [0.2, 0.25) is 0 Å². The van der Waals surface area contributed by atoms with Crippen molar-refractivity contribution in [1.82, 2.24) is 10.2 Å². The second-order valence-corrected chi connectivity index (χ2v) is 6.83. The summed E-state index contributed by atoms with van der Waals surface area (Å²) in [6.07, 6.45) is 0. The van der Waals surface area contributed by atoms with Crippen LogP contribution < -0.4 is 5.32 Å². The number of nitrogens with one attached hydrogen (secondary N) is 1. The smallest absolute Gasteiger partial charge is 0.326 e. The van der Waals surface area contributed by atoms with Gasteiger partial charge in [0.05, 0.1) is 16.6 Å². The third kappa shape index (κ3) is 4.21. The Kier molecular flexibility index (Phi) is 5.97. The molecule has 1 aliphatic rings. The molecular weight excluding hydrogens is 384 g/mol. The Bertz CT molecular complexity index is 950. The number of imide groups is 1. The number of amides is 3. The first-order chi connectivity index (χ1) is 13.5. The van der Waals surface area contributed by atoms with Crippen LogP contribution in [0.2, 0.25) is 0 Å². The highest BCUT2D eigenvalue weighted by molar-refractivity contribution is 6.24. The molecule has 0 bridgehead atoms. The number of carbonyl (C=O) groups excluding carboxylic acids is 4. The summed E-state index contributed by atoms with van der Waals surface area (Å²) in [7, 11) is 0. The van der Waals surface area contributed by atoms with Crippen LogP contribution in [0.4, 0.5) is 5.69 Å². The van der Waals surface area contributed by atoms with Gasteiger partial charge in [0.25, 0.3) is 23.4 Å². The number of nitrogens with zero attached hydrogens (tertiary/aromatic N) is 3. The highest BCUT2D eigenvalue weighted by Gasteiger charge is 2.42. The fourth-order valence-corrected chi connectivity index (χ4v) is 2.56. The summed E-state index contributed by atoms with van der Waals surface area (Å²) in [6.45, 7) is 3.46. The molecule has 1 N–H and O–H groups in total. The maximum atomic E-state index is 12.4. The summed E-state index contributed by atoms with van der Waals surface area (Å²) >= 11 is 0. The fourth-order valence-electron chi connectivity index (χ4n) is 2.56.